The SMILES string of the molecule is COc1ccc(OCCCC(=O)N[C@@H](C)COc2ccc(OC)cc2)cc1. The molecule has 6 nitrogen and oxygen atoms in total. The lowest BCUT2D eigenvalue weighted by atomic mass is 10.2. The van der Waals surface area contributed by atoms with E-state index < -0.39 is 0 Å². The summed E-state index contributed by atoms with van der Waals surface area (Å²) >= 11 is 0. The second-order valence-electron chi connectivity index (χ2n) is 6.08. The highest BCUT2D eigenvalue weighted by molar-refractivity contribution is 5.76. The molecule has 0 aromatic heterocycles. The van der Waals surface area contributed by atoms with Gasteiger partial charge in [0.25, 0.3) is 0 Å². The van der Waals surface area contributed by atoms with Gasteiger partial charge in [-0.1, -0.05) is 0 Å². The van der Waals surface area contributed by atoms with E-state index in [0.29, 0.717) is 26.1 Å². The summed E-state index contributed by atoms with van der Waals surface area (Å²) in [5.74, 6) is 3.05. The number of carbonyl (C=O) groups excluding carboxylic acids is 1. The van der Waals surface area contributed by atoms with Gasteiger partial charge in [-0.15, -0.1) is 0 Å². The zero-order valence-electron chi connectivity index (χ0n) is 16.1. The van der Waals surface area contributed by atoms with Crippen molar-refractivity contribution in [3.05, 3.63) is 48.5 Å². The predicted molar refractivity (Wildman–Crippen MR) is 104 cm³/mol. The fourth-order valence-electron chi connectivity index (χ4n) is 2.38. The molecule has 0 aliphatic heterocycles. The first kappa shape index (κ1) is 20.4. The van der Waals surface area contributed by atoms with Crippen molar-refractivity contribution >= 4 is 5.91 Å². The van der Waals surface area contributed by atoms with Crippen LogP contribution >= 0.6 is 0 Å². The molecule has 2 aromatic carbocycles. The molecule has 0 heterocycles. The van der Waals surface area contributed by atoms with Gasteiger partial charge in [0.15, 0.2) is 0 Å². The number of hydrogen-bond donors (Lipinski definition) is 1. The van der Waals surface area contributed by atoms with Crippen molar-refractivity contribution in [2.75, 3.05) is 27.4 Å². The Kier molecular flexibility index (Phi) is 8.29. The van der Waals surface area contributed by atoms with Crippen LogP contribution in [0.25, 0.3) is 0 Å². The second-order valence-corrected chi connectivity index (χ2v) is 6.08. The number of rotatable bonds is 11. The Labute approximate surface area is 160 Å². The number of benzene rings is 2. The van der Waals surface area contributed by atoms with E-state index in [1.807, 2.05) is 55.5 Å². The summed E-state index contributed by atoms with van der Waals surface area (Å²) in [5.41, 5.74) is 0. The third-order valence-corrected chi connectivity index (χ3v) is 3.84. The lowest BCUT2D eigenvalue weighted by Crippen LogP contribution is -2.36. The van der Waals surface area contributed by atoms with E-state index in [-0.39, 0.29) is 11.9 Å². The van der Waals surface area contributed by atoms with Crippen LogP contribution in [0.15, 0.2) is 48.5 Å². The van der Waals surface area contributed by atoms with Crippen molar-refractivity contribution in [2.45, 2.75) is 25.8 Å². The first-order chi connectivity index (χ1) is 13.1. The zero-order chi connectivity index (χ0) is 19.5. The smallest absolute Gasteiger partial charge is 0.220 e. The fraction of sp³-hybridized carbons (Fsp3) is 0.381. The monoisotopic (exact) mass is 373 g/mol. The van der Waals surface area contributed by atoms with Crippen LogP contribution in [-0.4, -0.2) is 39.4 Å². The molecule has 27 heavy (non-hydrogen) atoms. The highest BCUT2D eigenvalue weighted by Crippen LogP contribution is 2.18. The van der Waals surface area contributed by atoms with Crippen LogP contribution in [0.1, 0.15) is 19.8 Å². The maximum absolute atomic E-state index is 12.0. The molecule has 0 unspecified atom stereocenters. The number of carbonyl (C=O) groups is 1. The van der Waals surface area contributed by atoms with Gasteiger partial charge in [-0.25, -0.2) is 0 Å². The quantitative estimate of drug-likeness (QED) is 0.611. The molecular weight excluding hydrogens is 346 g/mol. The van der Waals surface area contributed by atoms with Gasteiger partial charge in [0.2, 0.25) is 5.91 Å². The molecule has 0 saturated heterocycles. The van der Waals surface area contributed by atoms with Crippen molar-refractivity contribution in [2.24, 2.45) is 0 Å². The number of ether oxygens (including phenoxy) is 4. The number of nitrogens with one attached hydrogen (secondary N) is 1. The van der Waals surface area contributed by atoms with Crippen molar-refractivity contribution in [1.82, 2.24) is 5.32 Å². The minimum absolute atomic E-state index is 0.0147. The maximum atomic E-state index is 12.0. The molecule has 0 bridgehead atoms. The van der Waals surface area contributed by atoms with E-state index in [0.717, 1.165) is 23.0 Å². The minimum Gasteiger partial charge on any atom is -0.497 e. The average molecular weight is 373 g/mol. The average Bonchev–Trinajstić information content (AvgIpc) is 2.70. The van der Waals surface area contributed by atoms with Crippen molar-refractivity contribution in [1.29, 1.82) is 0 Å². The molecule has 2 aromatic rings. The Bertz CT molecular complexity index is 685. The maximum Gasteiger partial charge on any atom is 0.220 e. The van der Waals surface area contributed by atoms with E-state index in [4.69, 9.17) is 18.9 Å². The topological polar surface area (TPSA) is 66.0 Å². The zero-order valence-corrected chi connectivity index (χ0v) is 16.1. The third-order valence-electron chi connectivity index (χ3n) is 3.84. The fourth-order valence-corrected chi connectivity index (χ4v) is 2.38. The Morgan fingerprint density at radius 2 is 1.33 bits per heavy atom. The Hall–Kier alpha value is -2.89. The van der Waals surface area contributed by atoms with E-state index >= 15 is 0 Å². The van der Waals surface area contributed by atoms with Gasteiger partial charge in [0.05, 0.1) is 26.9 Å². The molecule has 6 heteroatoms. The molecule has 0 aliphatic carbocycles. The van der Waals surface area contributed by atoms with Gasteiger partial charge in [-0.3, -0.25) is 4.79 Å². The lowest BCUT2D eigenvalue weighted by molar-refractivity contribution is -0.122. The normalized spacial score (nSPS) is 11.4. The first-order valence-electron chi connectivity index (χ1n) is 8.94. The molecule has 146 valence electrons. The van der Waals surface area contributed by atoms with Gasteiger partial charge in [0.1, 0.15) is 29.6 Å². The van der Waals surface area contributed by atoms with Crippen LogP contribution in [0.2, 0.25) is 0 Å². The standard InChI is InChI=1S/C21H27NO5/c1-16(15-27-20-12-8-18(25-3)9-13-20)22-21(23)5-4-14-26-19-10-6-17(24-2)7-11-19/h6-13,16H,4-5,14-15H2,1-3H3,(H,22,23)/t16-/m0/s1. The molecule has 2 rings (SSSR count). The summed E-state index contributed by atoms with van der Waals surface area (Å²) in [6, 6.07) is 14.6. The van der Waals surface area contributed by atoms with Crippen LogP contribution in [-0.2, 0) is 4.79 Å². The highest BCUT2D eigenvalue weighted by atomic mass is 16.5. The summed E-state index contributed by atoms with van der Waals surface area (Å²) in [4.78, 5) is 12.0. The molecule has 1 N–H and O–H groups in total. The molecule has 0 saturated carbocycles. The molecule has 1 atom stereocenters. The minimum atomic E-state index is -0.0814. The van der Waals surface area contributed by atoms with Gasteiger partial charge in [-0.05, 0) is 61.9 Å². The molecule has 0 spiro atoms. The molecule has 0 aliphatic rings. The van der Waals surface area contributed by atoms with Crippen LogP contribution in [0.5, 0.6) is 23.0 Å². The van der Waals surface area contributed by atoms with Crippen molar-refractivity contribution in [3.8, 4) is 23.0 Å². The summed E-state index contributed by atoms with van der Waals surface area (Å²) < 4.78 is 21.5. The lowest BCUT2D eigenvalue weighted by Gasteiger charge is -2.15. The molecule has 0 fully saturated rings. The van der Waals surface area contributed by atoms with Crippen LogP contribution in [0.3, 0.4) is 0 Å². The van der Waals surface area contributed by atoms with Gasteiger partial charge < -0.3 is 24.3 Å². The molecular formula is C21H27NO5. The number of hydrogen-bond acceptors (Lipinski definition) is 5. The largest absolute Gasteiger partial charge is 0.497 e. The van der Waals surface area contributed by atoms with Crippen LogP contribution in [0.4, 0.5) is 0 Å². The Balaban J connectivity index is 1.59. The highest BCUT2D eigenvalue weighted by Gasteiger charge is 2.08. The first-order valence-corrected chi connectivity index (χ1v) is 8.94. The molecule has 0 radical (unpaired) electrons. The van der Waals surface area contributed by atoms with E-state index in [9.17, 15) is 4.79 Å². The predicted octanol–water partition coefficient (Wildman–Crippen LogP) is 3.45. The second kappa shape index (κ2) is 11.0. The van der Waals surface area contributed by atoms with E-state index in [2.05, 4.69) is 5.32 Å². The van der Waals surface area contributed by atoms with Gasteiger partial charge >= 0.3 is 0 Å². The van der Waals surface area contributed by atoms with Crippen LogP contribution < -0.4 is 24.3 Å². The van der Waals surface area contributed by atoms with E-state index in [1.165, 1.54) is 0 Å². The summed E-state index contributed by atoms with van der Waals surface area (Å²) in [6.45, 7) is 2.80. The Morgan fingerprint density at radius 3 is 1.85 bits per heavy atom. The molecule has 1 amide bonds. The van der Waals surface area contributed by atoms with E-state index in [1.54, 1.807) is 14.2 Å². The summed E-state index contributed by atoms with van der Waals surface area (Å²) in [6.07, 6.45) is 1.05. The summed E-state index contributed by atoms with van der Waals surface area (Å²) in [5, 5.41) is 2.93. The van der Waals surface area contributed by atoms with Gasteiger partial charge in [0, 0.05) is 6.42 Å². The Morgan fingerprint density at radius 1 is 0.852 bits per heavy atom. The number of methoxy groups -OCH3 is 2. The van der Waals surface area contributed by atoms with Crippen molar-refractivity contribution in [3.63, 3.8) is 0 Å². The number of amides is 1. The van der Waals surface area contributed by atoms with Crippen molar-refractivity contribution < 1.29 is 23.7 Å². The third kappa shape index (κ3) is 7.48. The van der Waals surface area contributed by atoms with Crippen LogP contribution in [0, 0.1) is 0 Å². The van der Waals surface area contributed by atoms with Gasteiger partial charge in [-0.2, -0.15) is 0 Å². The summed E-state index contributed by atoms with van der Waals surface area (Å²) in [7, 11) is 3.24.